The summed E-state index contributed by atoms with van der Waals surface area (Å²) >= 11 is 0. The van der Waals surface area contributed by atoms with Crippen molar-refractivity contribution in [2.75, 3.05) is 13.1 Å². The summed E-state index contributed by atoms with van der Waals surface area (Å²) in [7, 11) is 0. The second-order valence-electron chi connectivity index (χ2n) is 4.78. The monoisotopic (exact) mass is 216 g/mol. The number of nitrogens with one attached hydrogen (secondary N) is 1. The van der Waals surface area contributed by atoms with E-state index in [1.807, 2.05) is 16.7 Å². The summed E-state index contributed by atoms with van der Waals surface area (Å²) in [6, 6.07) is 3.56. The van der Waals surface area contributed by atoms with Gasteiger partial charge in [-0.25, -0.2) is 0 Å². The first-order valence-corrected chi connectivity index (χ1v) is 5.86. The van der Waals surface area contributed by atoms with Crippen molar-refractivity contribution in [3.63, 3.8) is 0 Å². The van der Waals surface area contributed by atoms with Gasteiger partial charge in [-0.1, -0.05) is 12.7 Å². The maximum Gasteiger partial charge on any atom is 0.250 e. The third-order valence-electron chi connectivity index (χ3n) is 3.75. The first-order chi connectivity index (χ1) is 7.79. The molecule has 0 spiro atoms. The Morgan fingerprint density at radius 2 is 2.31 bits per heavy atom. The Bertz CT molecular complexity index is 489. The number of fused-ring (bicyclic) bond motifs is 4. The smallest absolute Gasteiger partial charge is 0.250 e. The zero-order valence-electron chi connectivity index (χ0n) is 9.28. The predicted molar refractivity (Wildman–Crippen MR) is 64.5 cm³/mol. The SMILES string of the molecule is C=Cc1ccc(=O)n2c1C1CNCC(C1)C2. The molecule has 2 aliphatic heterocycles. The number of pyridine rings is 1. The second-order valence-corrected chi connectivity index (χ2v) is 4.78. The maximum absolute atomic E-state index is 11.9. The lowest BCUT2D eigenvalue weighted by Gasteiger charge is -2.38. The van der Waals surface area contributed by atoms with Gasteiger partial charge < -0.3 is 9.88 Å². The summed E-state index contributed by atoms with van der Waals surface area (Å²) < 4.78 is 1.96. The van der Waals surface area contributed by atoms with Crippen LogP contribution in [0, 0.1) is 5.92 Å². The molecule has 0 aliphatic carbocycles. The highest BCUT2D eigenvalue weighted by Crippen LogP contribution is 2.33. The minimum atomic E-state index is 0.136. The second kappa shape index (κ2) is 3.59. The molecule has 3 heteroatoms. The average molecular weight is 216 g/mol. The van der Waals surface area contributed by atoms with Crippen LogP contribution in [0.4, 0.5) is 0 Å². The Balaban J connectivity index is 2.22. The quantitative estimate of drug-likeness (QED) is 0.765. The Labute approximate surface area is 94.8 Å². The summed E-state index contributed by atoms with van der Waals surface area (Å²) in [4.78, 5) is 11.9. The molecule has 0 radical (unpaired) electrons. The van der Waals surface area contributed by atoms with Crippen LogP contribution in [0.25, 0.3) is 6.08 Å². The fourth-order valence-corrected chi connectivity index (χ4v) is 3.06. The van der Waals surface area contributed by atoms with Crippen molar-refractivity contribution in [2.45, 2.75) is 18.9 Å². The lowest BCUT2D eigenvalue weighted by Crippen LogP contribution is -2.45. The summed E-state index contributed by atoms with van der Waals surface area (Å²) in [6.45, 7) is 6.73. The van der Waals surface area contributed by atoms with Crippen LogP contribution in [0.1, 0.15) is 23.6 Å². The number of rotatable bonds is 1. The van der Waals surface area contributed by atoms with Gasteiger partial charge in [0.25, 0.3) is 5.56 Å². The molecule has 3 heterocycles. The number of piperidine rings is 1. The van der Waals surface area contributed by atoms with Gasteiger partial charge in [0.05, 0.1) is 0 Å². The zero-order valence-corrected chi connectivity index (χ0v) is 9.28. The molecular formula is C13H16N2O. The molecule has 16 heavy (non-hydrogen) atoms. The standard InChI is InChI=1S/C13H16N2O/c1-2-10-3-4-12(16)15-8-9-5-11(13(10)15)7-14-6-9/h2-4,9,11,14H,1,5-8H2. The molecule has 2 atom stereocenters. The lowest BCUT2D eigenvalue weighted by molar-refractivity contribution is 0.257. The van der Waals surface area contributed by atoms with E-state index in [1.54, 1.807) is 6.07 Å². The molecule has 3 nitrogen and oxygen atoms in total. The predicted octanol–water partition coefficient (Wildman–Crippen LogP) is 1.20. The van der Waals surface area contributed by atoms with Crippen molar-refractivity contribution >= 4 is 6.08 Å². The number of aromatic nitrogens is 1. The van der Waals surface area contributed by atoms with Gasteiger partial charge in [-0.2, -0.15) is 0 Å². The van der Waals surface area contributed by atoms with Gasteiger partial charge >= 0.3 is 0 Å². The number of hydrogen-bond donors (Lipinski definition) is 1. The van der Waals surface area contributed by atoms with Crippen LogP contribution in [-0.2, 0) is 6.54 Å². The minimum absolute atomic E-state index is 0.136. The van der Waals surface area contributed by atoms with E-state index in [1.165, 1.54) is 12.1 Å². The zero-order chi connectivity index (χ0) is 11.1. The molecule has 1 N–H and O–H groups in total. The van der Waals surface area contributed by atoms with Crippen LogP contribution in [-0.4, -0.2) is 17.7 Å². The van der Waals surface area contributed by atoms with Gasteiger partial charge in [-0.15, -0.1) is 0 Å². The highest BCUT2D eigenvalue weighted by atomic mass is 16.1. The molecular weight excluding hydrogens is 200 g/mol. The molecule has 0 aromatic carbocycles. The van der Waals surface area contributed by atoms with E-state index >= 15 is 0 Å². The van der Waals surface area contributed by atoms with E-state index in [2.05, 4.69) is 11.9 Å². The summed E-state index contributed by atoms with van der Waals surface area (Å²) in [6.07, 6.45) is 3.07. The molecule has 0 saturated carbocycles. The summed E-state index contributed by atoms with van der Waals surface area (Å²) in [5, 5.41) is 3.45. The van der Waals surface area contributed by atoms with Gasteiger partial charge in [0.1, 0.15) is 0 Å². The van der Waals surface area contributed by atoms with Crippen LogP contribution in [0.2, 0.25) is 0 Å². The van der Waals surface area contributed by atoms with E-state index in [9.17, 15) is 4.79 Å². The van der Waals surface area contributed by atoms with Crippen LogP contribution in [0.3, 0.4) is 0 Å². The largest absolute Gasteiger partial charge is 0.316 e. The number of hydrogen-bond acceptors (Lipinski definition) is 2. The molecule has 1 aromatic rings. The fourth-order valence-electron chi connectivity index (χ4n) is 3.06. The van der Waals surface area contributed by atoms with E-state index in [0.717, 1.165) is 25.2 Å². The van der Waals surface area contributed by atoms with Crippen LogP contribution in [0.5, 0.6) is 0 Å². The fraction of sp³-hybridized carbons (Fsp3) is 0.462. The van der Waals surface area contributed by atoms with Crippen molar-refractivity contribution in [1.29, 1.82) is 0 Å². The topological polar surface area (TPSA) is 34.0 Å². The Morgan fingerprint density at radius 1 is 1.44 bits per heavy atom. The summed E-state index contributed by atoms with van der Waals surface area (Å²) in [5.41, 5.74) is 2.44. The summed E-state index contributed by atoms with van der Waals surface area (Å²) in [5.74, 6) is 1.10. The minimum Gasteiger partial charge on any atom is -0.316 e. The van der Waals surface area contributed by atoms with Crippen molar-refractivity contribution in [3.05, 3.63) is 40.3 Å². The number of nitrogens with zero attached hydrogens (tertiary/aromatic N) is 1. The first kappa shape index (κ1) is 9.85. The van der Waals surface area contributed by atoms with Crippen molar-refractivity contribution in [1.82, 2.24) is 9.88 Å². The van der Waals surface area contributed by atoms with Crippen LogP contribution >= 0.6 is 0 Å². The van der Waals surface area contributed by atoms with Gasteiger partial charge in [-0.05, 0) is 30.5 Å². The van der Waals surface area contributed by atoms with Gasteiger partial charge in [0.2, 0.25) is 0 Å². The third-order valence-corrected chi connectivity index (χ3v) is 3.75. The first-order valence-electron chi connectivity index (χ1n) is 5.86. The van der Waals surface area contributed by atoms with E-state index in [4.69, 9.17) is 0 Å². The maximum atomic E-state index is 11.9. The molecule has 1 saturated heterocycles. The molecule has 1 aromatic heterocycles. The Morgan fingerprint density at radius 3 is 3.12 bits per heavy atom. The molecule has 3 rings (SSSR count). The molecule has 0 amide bonds. The molecule has 84 valence electrons. The molecule has 2 unspecified atom stereocenters. The molecule has 2 bridgehead atoms. The van der Waals surface area contributed by atoms with Gasteiger partial charge in [0.15, 0.2) is 0 Å². The molecule has 1 fully saturated rings. The van der Waals surface area contributed by atoms with Crippen molar-refractivity contribution in [3.8, 4) is 0 Å². The highest BCUT2D eigenvalue weighted by Gasteiger charge is 2.31. The Hall–Kier alpha value is -1.35. The lowest BCUT2D eigenvalue weighted by atomic mass is 9.82. The third kappa shape index (κ3) is 1.35. The normalized spacial score (nSPS) is 27.2. The molecule has 2 aliphatic rings. The Kier molecular flexibility index (Phi) is 2.21. The van der Waals surface area contributed by atoms with E-state index in [0.29, 0.717) is 11.8 Å². The van der Waals surface area contributed by atoms with Gasteiger partial charge in [-0.3, -0.25) is 4.79 Å². The van der Waals surface area contributed by atoms with Crippen LogP contribution in [0.15, 0.2) is 23.5 Å². The van der Waals surface area contributed by atoms with E-state index in [-0.39, 0.29) is 5.56 Å². The van der Waals surface area contributed by atoms with Crippen molar-refractivity contribution in [2.24, 2.45) is 5.92 Å². The van der Waals surface area contributed by atoms with E-state index < -0.39 is 0 Å². The van der Waals surface area contributed by atoms with Crippen LogP contribution < -0.4 is 10.9 Å². The van der Waals surface area contributed by atoms with Gasteiger partial charge in [0, 0.05) is 30.8 Å². The van der Waals surface area contributed by atoms with Crippen molar-refractivity contribution < 1.29 is 0 Å². The highest BCUT2D eigenvalue weighted by molar-refractivity contribution is 5.51. The average Bonchev–Trinajstić information content (AvgIpc) is 2.31.